The first-order chi connectivity index (χ1) is 12.9. The van der Waals surface area contributed by atoms with Gasteiger partial charge >= 0.3 is 0 Å². The minimum atomic E-state index is 1.08. The molecule has 1 aliphatic heterocycles. The Bertz CT molecular complexity index is 455. The Labute approximate surface area is 162 Å². The molecule has 0 atom stereocenters. The average Bonchev–Trinajstić information content (AvgIpc) is 2.70. The number of pyridine rings is 1. The van der Waals surface area contributed by atoms with Crippen LogP contribution in [-0.2, 0) is 6.42 Å². The second kappa shape index (κ2) is 14.0. The summed E-state index contributed by atoms with van der Waals surface area (Å²) in [4.78, 5) is 7.13. The SMILES string of the molecule is CCCCCCCCCCCCCCc1cccnc1N1CCNCC1. The van der Waals surface area contributed by atoms with Gasteiger partial charge in [0.25, 0.3) is 0 Å². The second-order valence-corrected chi connectivity index (χ2v) is 7.86. The fourth-order valence-electron chi connectivity index (χ4n) is 3.94. The molecule has 3 nitrogen and oxygen atoms in total. The minimum Gasteiger partial charge on any atom is -0.354 e. The van der Waals surface area contributed by atoms with Gasteiger partial charge in [-0.15, -0.1) is 0 Å². The highest BCUT2D eigenvalue weighted by molar-refractivity contribution is 5.47. The Morgan fingerprint density at radius 1 is 0.846 bits per heavy atom. The van der Waals surface area contributed by atoms with Gasteiger partial charge in [-0.25, -0.2) is 4.98 Å². The number of nitrogens with zero attached hydrogens (tertiary/aromatic N) is 2. The highest BCUT2D eigenvalue weighted by Gasteiger charge is 2.14. The van der Waals surface area contributed by atoms with Crippen LogP contribution in [0.5, 0.6) is 0 Å². The highest BCUT2D eigenvalue weighted by Crippen LogP contribution is 2.20. The zero-order valence-electron chi connectivity index (χ0n) is 17.1. The van der Waals surface area contributed by atoms with E-state index in [2.05, 4.69) is 34.3 Å². The van der Waals surface area contributed by atoms with E-state index >= 15 is 0 Å². The molecular weight excluding hydrogens is 318 g/mol. The van der Waals surface area contributed by atoms with Crippen molar-refractivity contribution in [2.24, 2.45) is 0 Å². The standard InChI is InChI=1S/C23H41N3/c1-2-3-4-5-6-7-8-9-10-11-12-13-15-22-16-14-17-25-23(22)26-20-18-24-19-21-26/h14,16-17,24H,2-13,15,18-21H2,1H3. The Hall–Kier alpha value is -1.09. The van der Waals surface area contributed by atoms with Crippen molar-refractivity contribution in [3.8, 4) is 0 Å². The van der Waals surface area contributed by atoms with Crippen molar-refractivity contribution in [3.05, 3.63) is 23.9 Å². The Balaban J connectivity index is 1.51. The summed E-state index contributed by atoms with van der Waals surface area (Å²) in [5.74, 6) is 1.23. The predicted molar refractivity (Wildman–Crippen MR) is 114 cm³/mol. The van der Waals surface area contributed by atoms with Gasteiger partial charge in [-0.05, 0) is 24.5 Å². The maximum Gasteiger partial charge on any atom is 0.131 e. The van der Waals surface area contributed by atoms with Crippen LogP contribution < -0.4 is 10.2 Å². The summed E-state index contributed by atoms with van der Waals surface area (Å²) in [7, 11) is 0. The van der Waals surface area contributed by atoms with E-state index in [1.807, 2.05) is 6.20 Å². The molecule has 148 valence electrons. The molecule has 0 bridgehead atoms. The van der Waals surface area contributed by atoms with Crippen molar-refractivity contribution in [3.63, 3.8) is 0 Å². The maximum absolute atomic E-state index is 4.68. The van der Waals surface area contributed by atoms with E-state index in [4.69, 9.17) is 0 Å². The molecular formula is C23H41N3. The molecule has 0 amide bonds. The molecule has 2 heterocycles. The number of nitrogens with one attached hydrogen (secondary N) is 1. The zero-order chi connectivity index (χ0) is 18.3. The quantitative estimate of drug-likeness (QED) is 0.430. The van der Waals surface area contributed by atoms with Gasteiger partial charge in [0.15, 0.2) is 0 Å². The molecule has 0 aromatic carbocycles. The average molecular weight is 360 g/mol. The van der Waals surface area contributed by atoms with E-state index in [9.17, 15) is 0 Å². The smallest absolute Gasteiger partial charge is 0.131 e. The van der Waals surface area contributed by atoms with Crippen molar-refractivity contribution >= 4 is 5.82 Å². The zero-order valence-corrected chi connectivity index (χ0v) is 17.1. The van der Waals surface area contributed by atoms with Gasteiger partial charge in [-0.2, -0.15) is 0 Å². The number of aromatic nitrogens is 1. The third-order valence-corrected chi connectivity index (χ3v) is 5.58. The van der Waals surface area contributed by atoms with Gasteiger partial charge in [0.1, 0.15) is 5.82 Å². The fraction of sp³-hybridized carbons (Fsp3) is 0.783. The summed E-state index contributed by atoms with van der Waals surface area (Å²) in [6.07, 6.45) is 20.1. The largest absolute Gasteiger partial charge is 0.354 e. The lowest BCUT2D eigenvalue weighted by molar-refractivity contribution is 0.543. The van der Waals surface area contributed by atoms with Gasteiger partial charge in [-0.1, -0.05) is 83.6 Å². The number of anilines is 1. The lowest BCUT2D eigenvalue weighted by Crippen LogP contribution is -2.44. The summed E-state index contributed by atoms with van der Waals surface area (Å²) in [5, 5.41) is 3.43. The van der Waals surface area contributed by atoms with Crippen molar-refractivity contribution in [1.82, 2.24) is 10.3 Å². The van der Waals surface area contributed by atoms with Crippen LogP contribution in [0, 0.1) is 0 Å². The van der Waals surface area contributed by atoms with Gasteiger partial charge in [0.05, 0.1) is 0 Å². The van der Waals surface area contributed by atoms with Crippen LogP contribution >= 0.6 is 0 Å². The molecule has 2 rings (SSSR count). The van der Waals surface area contributed by atoms with E-state index in [0.29, 0.717) is 0 Å². The monoisotopic (exact) mass is 359 g/mol. The van der Waals surface area contributed by atoms with Gasteiger partial charge in [0.2, 0.25) is 0 Å². The number of hydrogen-bond acceptors (Lipinski definition) is 3. The van der Waals surface area contributed by atoms with Crippen LogP contribution in [0.15, 0.2) is 18.3 Å². The van der Waals surface area contributed by atoms with Crippen molar-refractivity contribution < 1.29 is 0 Å². The Morgan fingerprint density at radius 3 is 2.04 bits per heavy atom. The molecule has 0 aliphatic carbocycles. The van der Waals surface area contributed by atoms with Crippen molar-refractivity contribution in [1.29, 1.82) is 0 Å². The first kappa shape index (κ1) is 21.2. The van der Waals surface area contributed by atoms with Crippen LogP contribution in [0.1, 0.15) is 89.5 Å². The molecule has 1 aromatic rings. The third kappa shape index (κ3) is 8.53. The number of hydrogen-bond donors (Lipinski definition) is 1. The number of piperazine rings is 1. The van der Waals surface area contributed by atoms with Crippen LogP contribution in [0.2, 0.25) is 0 Å². The highest BCUT2D eigenvalue weighted by atomic mass is 15.2. The van der Waals surface area contributed by atoms with E-state index < -0.39 is 0 Å². The third-order valence-electron chi connectivity index (χ3n) is 5.58. The topological polar surface area (TPSA) is 28.2 Å². The molecule has 0 radical (unpaired) electrons. The molecule has 0 unspecified atom stereocenters. The Kier molecular flexibility index (Phi) is 11.4. The molecule has 1 N–H and O–H groups in total. The van der Waals surface area contributed by atoms with E-state index in [1.165, 1.54) is 94.9 Å². The molecule has 3 heteroatoms. The predicted octanol–water partition coefficient (Wildman–Crippen LogP) is 5.73. The summed E-state index contributed by atoms with van der Waals surface area (Å²) < 4.78 is 0. The molecule has 1 fully saturated rings. The second-order valence-electron chi connectivity index (χ2n) is 7.86. The first-order valence-electron chi connectivity index (χ1n) is 11.3. The van der Waals surface area contributed by atoms with Gasteiger partial charge in [-0.3, -0.25) is 0 Å². The van der Waals surface area contributed by atoms with Gasteiger partial charge < -0.3 is 10.2 Å². The van der Waals surface area contributed by atoms with Crippen LogP contribution in [0.25, 0.3) is 0 Å². The molecule has 26 heavy (non-hydrogen) atoms. The van der Waals surface area contributed by atoms with Crippen LogP contribution in [-0.4, -0.2) is 31.2 Å². The Morgan fingerprint density at radius 2 is 1.42 bits per heavy atom. The van der Waals surface area contributed by atoms with Crippen molar-refractivity contribution in [2.75, 3.05) is 31.1 Å². The van der Waals surface area contributed by atoms with Crippen molar-refractivity contribution in [2.45, 2.75) is 90.4 Å². The number of unbranched alkanes of at least 4 members (excludes halogenated alkanes) is 11. The minimum absolute atomic E-state index is 1.08. The molecule has 1 saturated heterocycles. The molecule has 1 aromatic heterocycles. The van der Waals surface area contributed by atoms with E-state index in [0.717, 1.165) is 26.2 Å². The summed E-state index contributed by atoms with van der Waals surface area (Å²) in [5.41, 5.74) is 1.45. The van der Waals surface area contributed by atoms with E-state index in [-0.39, 0.29) is 0 Å². The molecule has 0 spiro atoms. The molecule has 1 aliphatic rings. The maximum atomic E-state index is 4.68. The summed E-state index contributed by atoms with van der Waals surface area (Å²) >= 11 is 0. The van der Waals surface area contributed by atoms with Crippen LogP contribution in [0.4, 0.5) is 5.82 Å². The lowest BCUT2D eigenvalue weighted by atomic mass is 10.0. The van der Waals surface area contributed by atoms with E-state index in [1.54, 1.807) is 0 Å². The van der Waals surface area contributed by atoms with Crippen LogP contribution in [0.3, 0.4) is 0 Å². The lowest BCUT2D eigenvalue weighted by Gasteiger charge is -2.30. The number of aryl methyl sites for hydroxylation is 1. The fourth-order valence-corrected chi connectivity index (χ4v) is 3.94. The molecule has 0 saturated carbocycles. The first-order valence-corrected chi connectivity index (χ1v) is 11.3. The normalized spacial score (nSPS) is 14.7. The number of rotatable bonds is 14. The van der Waals surface area contributed by atoms with Gasteiger partial charge in [0, 0.05) is 32.4 Å². The summed E-state index contributed by atoms with van der Waals surface area (Å²) in [6.45, 7) is 6.62. The summed E-state index contributed by atoms with van der Waals surface area (Å²) in [6, 6.07) is 4.38.